The number of carbonyl (C=O) groups is 4. The number of aliphatic hydroxyl groups is 1. The maximum atomic E-state index is 13.4. The molecule has 2 aromatic carbocycles. The monoisotopic (exact) mass is 557 g/mol. The first-order valence-electron chi connectivity index (χ1n) is 13.1. The lowest BCUT2D eigenvalue weighted by atomic mass is 10.0. The van der Waals surface area contributed by atoms with E-state index < -0.39 is 54.0 Å². The van der Waals surface area contributed by atoms with Crippen molar-refractivity contribution in [1.29, 1.82) is 0 Å². The second-order valence-corrected chi connectivity index (χ2v) is 9.64. The van der Waals surface area contributed by atoms with E-state index in [1.165, 1.54) is 19.1 Å². The van der Waals surface area contributed by atoms with Gasteiger partial charge in [0.2, 0.25) is 17.7 Å². The summed E-state index contributed by atoms with van der Waals surface area (Å²) in [5.74, 6) is -3.38. The van der Waals surface area contributed by atoms with Crippen molar-refractivity contribution >= 4 is 23.7 Å². The second-order valence-electron chi connectivity index (χ2n) is 9.64. The minimum atomic E-state index is -1.58. The molecule has 0 aliphatic carbocycles. The van der Waals surface area contributed by atoms with Crippen LogP contribution in [0.5, 0.6) is 5.75 Å². The molecular formula is C28H39N5O7. The van der Waals surface area contributed by atoms with E-state index in [1.54, 1.807) is 42.5 Å². The van der Waals surface area contributed by atoms with E-state index in [-0.39, 0.29) is 25.0 Å². The highest BCUT2D eigenvalue weighted by Gasteiger charge is 2.32. The quantitative estimate of drug-likeness (QED) is 0.125. The van der Waals surface area contributed by atoms with Crippen molar-refractivity contribution in [3.05, 3.63) is 65.7 Å². The van der Waals surface area contributed by atoms with Gasteiger partial charge in [0.25, 0.3) is 0 Å². The molecule has 218 valence electrons. The SMILES string of the molecule is CC(O)C(NC(=O)C(Cc1ccccc1)NC(=O)C(CCCCN)NC(=O)C(N)Cc1ccc(O)cc1)C(=O)O. The van der Waals surface area contributed by atoms with Gasteiger partial charge in [-0.3, -0.25) is 14.4 Å². The molecule has 0 radical (unpaired) electrons. The summed E-state index contributed by atoms with van der Waals surface area (Å²) >= 11 is 0. The van der Waals surface area contributed by atoms with Crippen LogP contribution >= 0.6 is 0 Å². The molecule has 0 heterocycles. The standard InChI is InChI=1S/C28H39N5O7/c1-17(34)24(28(39)40)33-27(38)23(16-18-7-3-2-4-8-18)32-26(37)22(9-5-6-14-29)31-25(36)21(30)15-19-10-12-20(35)13-11-19/h2-4,7-8,10-13,17,21-24,34-35H,5-6,9,14-16,29-30H2,1H3,(H,31,36)(H,32,37)(H,33,38)(H,39,40). The molecule has 2 aromatic rings. The van der Waals surface area contributed by atoms with E-state index in [1.807, 2.05) is 0 Å². The van der Waals surface area contributed by atoms with Crippen LogP contribution < -0.4 is 27.4 Å². The first kappa shape index (κ1) is 32.2. The van der Waals surface area contributed by atoms with E-state index in [0.717, 1.165) is 5.56 Å². The molecule has 0 aliphatic heterocycles. The van der Waals surface area contributed by atoms with E-state index in [9.17, 15) is 34.5 Å². The Kier molecular flexibility index (Phi) is 13.0. The summed E-state index contributed by atoms with van der Waals surface area (Å²) in [5.41, 5.74) is 13.1. The molecule has 12 nitrogen and oxygen atoms in total. The Morgan fingerprint density at radius 1 is 0.800 bits per heavy atom. The van der Waals surface area contributed by atoms with Crippen LogP contribution in [0.2, 0.25) is 0 Å². The summed E-state index contributed by atoms with van der Waals surface area (Å²) in [5, 5.41) is 36.2. The normalized spacial score (nSPS) is 14.7. The van der Waals surface area contributed by atoms with Crippen LogP contribution in [0, 0.1) is 0 Å². The Balaban J connectivity index is 2.20. The number of carbonyl (C=O) groups excluding carboxylic acids is 3. The summed E-state index contributed by atoms with van der Waals surface area (Å²) in [4.78, 5) is 50.9. The van der Waals surface area contributed by atoms with Gasteiger partial charge in [0.15, 0.2) is 6.04 Å². The summed E-state index contributed by atoms with van der Waals surface area (Å²) < 4.78 is 0. The number of benzene rings is 2. The van der Waals surface area contributed by atoms with Gasteiger partial charge in [0.05, 0.1) is 12.1 Å². The number of aliphatic carboxylic acids is 1. The fraction of sp³-hybridized carbons (Fsp3) is 0.429. The predicted octanol–water partition coefficient (Wildman–Crippen LogP) is -0.446. The second kappa shape index (κ2) is 16.2. The van der Waals surface area contributed by atoms with Gasteiger partial charge in [-0.05, 0) is 62.4 Å². The van der Waals surface area contributed by atoms with Crippen molar-refractivity contribution < 1.29 is 34.5 Å². The molecule has 0 spiro atoms. The molecule has 40 heavy (non-hydrogen) atoms. The van der Waals surface area contributed by atoms with Crippen molar-refractivity contribution in [1.82, 2.24) is 16.0 Å². The minimum absolute atomic E-state index is 0.0361. The van der Waals surface area contributed by atoms with Gasteiger partial charge in [0, 0.05) is 6.42 Å². The third-order valence-electron chi connectivity index (χ3n) is 6.27. The van der Waals surface area contributed by atoms with Gasteiger partial charge in [-0.1, -0.05) is 42.5 Å². The van der Waals surface area contributed by atoms with Crippen molar-refractivity contribution in [3.63, 3.8) is 0 Å². The van der Waals surface area contributed by atoms with Crippen LogP contribution in [0.3, 0.4) is 0 Å². The maximum Gasteiger partial charge on any atom is 0.328 e. The van der Waals surface area contributed by atoms with Crippen molar-refractivity contribution in [2.45, 2.75) is 69.3 Å². The number of rotatable bonds is 16. The third kappa shape index (κ3) is 10.6. The molecule has 10 N–H and O–H groups in total. The molecular weight excluding hydrogens is 518 g/mol. The summed E-state index contributed by atoms with van der Waals surface area (Å²) in [6, 6.07) is 10.2. The number of amides is 3. The molecule has 0 saturated carbocycles. The molecule has 0 aliphatic rings. The van der Waals surface area contributed by atoms with Crippen molar-refractivity contribution in [2.24, 2.45) is 11.5 Å². The molecule has 5 unspecified atom stereocenters. The first-order valence-corrected chi connectivity index (χ1v) is 13.1. The van der Waals surface area contributed by atoms with Gasteiger partial charge in [-0.2, -0.15) is 0 Å². The number of carboxylic acid groups (broad SMARTS) is 1. The maximum absolute atomic E-state index is 13.4. The number of aromatic hydroxyl groups is 1. The number of phenolic OH excluding ortho intramolecular Hbond substituents is 1. The topological polar surface area (TPSA) is 217 Å². The van der Waals surface area contributed by atoms with Crippen LogP contribution in [0.25, 0.3) is 0 Å². The number of unbranched alkanes of at least 4 members (excludes halogenated alkanes) is 1. The average molecular weight is 558 g/mol. The average Bonchev–Trinajstić information content (AvgIpc) is 2.92. The van der Waals surface area contributed by atoms with Gasteiger partial charge < -0.3 is 42.7 Å². The Labute approximate surface area is 233 Å². The number of nitrogens with one attached hydrogen (secondary N) is 3. The highest BCUT2D eigenvalue weighted by atomic mass is 16.4. The van der Waals surface area contributed by atoms with Crippen LogP contribution in [0.4, 0.5) is 0 Å². The van der Waals surface area contributed by atoms with Crippen LogP contribution in [0.15, 0.2) is 54.6 Å². The zero-order valence-corrected chi connectivity index (χ0v) is 22.5. The third-order valence-corrected chi connectivity index (χ3v) is 6.27. The number of hydrogen-bond donors (Lipinski definition) is 8. The highest BCUT2D eigenvalue weighted by Crippen LogP contribution is 2.12. The minimum Gasteiger partial charge on any atom is -0.508 e. The Hall–Kier alpha value is -4.00. The molecule has 3 amide bonds. The van der Waals surface area contributed by atoms with Crippen molar-refractivity contribution in [3.8, 4) is 5.75 Å². The number of phenols is 1. The van der Waals surface area contributed by atoms with E-state index in [2.05, 4.69) is 16.0 Å². The highest BCUT2D eigenvalue weighted by molar-refractivity contribution is 5.94. The van der Waals surface area contributed by atoms with Gasteiger partial charge in [-0.25, -0.2) is 4.79 Å². The van der Waals surface area contributed by atoms with E-state index in [0.29, 0.717) is 24.9 Å². The fourth-order valence-electron chi connectivity index (χ4n) is 3.99. The molecule has 0 fully saturated rings. The Morgan fingerprint density at radius 2 is 1.38 bits per heavy atom. The first-order chi connectivity index (χ1) is 19.0. The fourth-order valence-corrected chi connectivity index (χ4v) is 3.99. The molecule has 0 bridgehead atoms. The van der Waals surface area contributed by atoms with Crippen LogP contribution in [-0.2, 0) is 32.0 Å². The van der Waals surface area contributed by atoms with E-state index >= 15 is 0 Å². The number of hydrogen-bond acceptors (Lipinski definition) is 8. The number of aliphatic hydroxyl groups excluding tert-OH is 1. The lowest BCUT2D eigenvalue weighted by molar-refractivity contribution is -0.145. The largest absolute Gasteiger partial charge is 0.508 e. The molecule has 2 rings (SSSR count). The number of carboxylic acids is 1. The zero-order valence-electron chi connectivity index (χ0n) is 22.5. The zero-order chi connectivity index (χ0) is 29.7. The summed E-state index contributed by atoms with van der Waals surface area (Å²) in [6.07, 6.45) is 0.161. The predicted molar refractivity (Wildman–Crippen MR) is 148 cm³/mol. The van der Waals surface area contributed by atoms with Crippen LogP contribution in [0.1, 0.15) is 37.3 Å². The Bertz CT molecular complexity index is 1110. The van der Waals surface area contributed by atoms with E-state index in [4.69, 9.17) is 11.5 Å². The summed E-state index contributed by atoms with van der Waals surface area (Å²) in [7, 11) is 0. The smallest absolute Gasteiger partial charge is 0.328 e. The van der Waals surface area contributed by atoms with Crippen molar-refractivity contribution in [2.75, 3.05) is 6.54 Å². The molecule has 5 atom stereocenters. The lowest BCUT2D eigenvalue weighted by Gasteiger charge is -2.26. The molecule has 0 saturated heterocycles. The lowest BCUT2D eigenvalue weighted by Crippen LogP contribution is -2.58. The van der Waals surface area contributed by atoms with Gasteiger partial charge >= 0.3 is 5.97 Å². The Morgan fingerprint density at radius 3 is 1.95 bits per heavy atom. The van der Waals surface area contributed by atoms with Gasteiger partial charge in [0.1, 0.15) is 17.8 Å². The molecule has 12 heteroatoms. The number of nitrogens with two attached hydrogens (primary N) is 2. The summed E-state index contributed by atoms with van der Waals surface area (Å²) in [6.45, 7) is 1.62. The van der Waals surface area contributed by atoms with Gasteiger partial charge in [-0.15, -0.1) is 0 Å². The molecule has 0 aromatic heterocycles. The van der Waals surface area contributed by atoms with Crippen LogP contribution in [-0.4, -0.2) is 75.8 Å².